The van der Waals surface area contributed by atoms with E-state index in [4.69, 9.17) is 19.6 Å². The maximum Gasteiger partial charge on any atom is 0.304 e. The van der Waals surface area contributed by atoms with E-state index in [1.54, 1.807) is 0 Å². The number of carboxylic acids is 1. The number of hydrogen-bond donors (Lipinski definition) is 1. The number of hydrogen-bond acceptors (Lipinski definition) is 4. The molecule has 1 unspecified atom stereocenters. The Balaban J connectivity index is 1.30. The number of rotatable bonds is 5. The first-order chi connectivity index (χ1) is 16.2. The number of aliphatic carboxylic acids is 1. The number of pyridine rings is 1. The van der Waals surface area contributed by atoms with E-state index in [0.717, 1.165) is 41.0 Å². The molecule has 0 radical (unpaired) electrons. The van der Waals surface area contributed by atoms with Crippen molar-refractivity contribution in [2.45, 2.75) is 31.3 Å². The number of fused-ring (bicyclic) bond motifs is 3. The van der Waals surface area contributed by atoms with E-state index in [2.05, 4.69) is 42.5 Å². The predicted octanol–water partition coefficient (Wildman–Crippen LogP) is 5.92. The second kappa shape index (κ2) is 7.93. The molecule has 1 N–H and O–H groups in total. The van der Waals surface area contributed by atoms with Gasteiger partial charge < -0.3 is 14.6 Å². The van der Waals surface area contributed by atoms with Crippen LogP contribution in [0.3, 0.4) is 0 Å². The van der Waals surface area contributed by atoms with Crippen LogP contribution in [-0.4, -0.2) is 22.7 Å². The zero-order chi connectivity index (χ0) is 22.4. The third-order valence-electron chi connectivity index (χ3n) is 6.71. The van der Waals surface area contributed by atoms with Crippen LogP contribution in [0.25, 0.3) is 22.0 Å². The van der Waals surface area contributed by atoms with Gasteiger partial charge in [-0.05, 0) is 41.5 Å². The third-order valence-corrected chi connectivity index (χ3v) is 6.71. The van der Waals surface area contributed by atoms with Gasteiger partial charge in [-0.3, -0.25) is 9.78 Å². The van der Waals surface area contributed by atoms with Crippen molar-refractivity contribution in [3.05, 3.63) is 89.6 Å². The molecule has 164 valence electrons. The number of ether oxygens (including phenoxy) is 2. The summed E-state index contributed by atoms with van der Waals surface area (Å²) in [5, 5.41) is 11.5. The molecule has 0 saturated carbocycles. The standard InChI is InChI=1S/C28H23NO4/c30-27(31)14-18-16-32-26-15-19(8-9-20(18)26)33-25-11-10-22-23(25)6-3-7-24(22)28-21-5-2-1-4-17(21)12-13-29-28/h1-9,12-13,15,18,25H,10-11,14,16H2,(H,30,31)/t18?,25-/m1/s1. The van der Waals surface area contributed by atoms with Crippen molar-refractivity contribution in [1.82, 2.24) is 4.98 Å². The van der Waals surface area contributed by atoms with E-state index < -0.39 is 5.97 Å². The lowest BCUT2D eigenvalue weighted by Crippen LogP contribution is -2.07. The number of carbonyl (C=O) groups is 1. The highest BCUT2D eigenvalue weighted by atomic mass is 16.5. The van der Waals surface area contributed by atoms with Gasteiger partial charge in [0, 0.05) is 34.7 Å². The van der Waals surface area contributed by atoms with Crippen molar-refractivity contribution >= 4 is 16.7 Å². The first kappa shape index (κ1) is 19.8. The molecule has 2 aliphatic rings. The monoisotopic (exact) mass is 437 g/mol. The largest absolute Gasteiger partial charge is 0.492 e. The summed E-state index contributed by atoms with van der Waals surface area (Å²) in [6.07, 6.45) is 3.75. The van der Waals surface area contributed by atoms with Crippen LogP contribution in [0.2, 0.25) is 0 Å². The maximum atomic E-state index is 11.1. The minimum absolute atomic E-state index is 0.0378. The minimum atomic E-state index is -0.809. The lowest BCUT2D eigenvalue weighted by molar-refractivity contribution is -0.137. The van der Waals surface area contributed by atoms with Crippen LogP contribution in [0.1, 0.15) is 41.6 Å². The third kappa shape index (κ3) is 3.50. The maximum absolute atomic E-state index is 11.1. The molecule has 0 bridgehead atoms. The summed E-state index contributed by atoms with van der Waals surface area (Å²) >= 11 is 0. The van der Waals surface area contributed by atoms with E-state index in [9.17, 15) is 4.79 Å². The number of benzene rings is 3. The summed E-state index contributed by atoms with van der Waals surface area (Å²) < 4.78 is 12.2. The molecule has 0 saturated heterocycles. The van der Waals surface area contributed by atoms with Crippen LogP contribution in [-0.2, 0) is 11.2 Å². The topological polar surface area (TPSA) is 68.7 Å². The number of carboxylic acid groups (broad SMARTS) is 1. The summed E-state index contributed by atoms with van der Waals surface area (Å²) in [7, 11) is 0. The summed E-state index contributed by atoms with van der Waals surface area (Å²) in [6, 6.07) is 22.5. The van der Waals surface area contributed by atoms with Gasteiger partial charge in [-0.15, -0.1) is 0 Å². The first-order valence-corrected chi connectivity index (χ1v) is 11.3. The zero-order valence-corrected chi connectivity index (χ0v) is 18.0. The van der Waals surface area contributed by atoms with Gasteiger partial charge >= 0.3 is 5.97 Å². The predicted molar refractivity (Wildman–Crippen MR) is 126 cm³/mol. The minimum Gasteiger partial charge on any atom is -0.492 e. The molecule has 2 heterocycles. The summed E-state index contributed by atoms with van der Waals surface area (Å²) in [5.41, 5.74) is 5.63. The SMILES string of the molecule is O=C(O)CC1COc2cc(O[C@@H]3CCc4c(-c5nccc6ccccc56)cccc43)ccc21. The van der Waals surface area contributed by atoms with Crippen LogP contribution >= 0.6 is 0 Å². The second-order valence-electron chi connectivity index (χ2n) is 8.70. The molecule has 0 amide bonds. The van der Waals surface area contributed by atoms with E-state index in [0.29, 0.717) is 6.61 Å². The molecule has 4 aromatic rings. The van der Waals surface area contributed by atoms with Crippen molar-refractivity contribution in [2.75, 3.05) is 6.61 Å². The highest BCUT2D eigenvalue weighted by Gasteiger charge is 2.29. The van der Waals surface area contributed by atoms with Gasteiger partial charge in [0.25, 0.3) is 0 Å². The Labute approximate surface area is 191 Å². The molecule has 2 atom stereocenters. The van der Waals surface area contributed by atoms with Gasteiger partial charge in [-0.2, -0.15) is 0 Å². The van der Waals surface area contributed by atoms with E-state index in [1.807, 2.05) is 30.5 Å². The van der Waals surface area contributed by atoms with Crippen LogP contribution < -0.4 is 9.47 Å². The van der Waals surface area contributed by atoms with Gasteiger partial charge in [0.15, 0.2) is 0 Å². The highest BCUT2D eigenvalue weighted by molar-refractivity contribution is 5.95. The quantitative estimate of drug-likeness (QED) is 0.420. The molecule has 1 aliphatic carbocycles. The van der Waals surface area contributed by atoms with Crippen molar-refractivity contribution in [2.24, 2.45) is 0 Å². The molecule has 0 fully saturated rings. The van der Waals surface area contributed by atoms with Crippen molar-refractivity contribution in [3.8, 4) is 22.8 Å². The van der Waals surface area contributed by atoms with E-state index >= 15 is 0 Å². The van der Waals surface area contributed by atoms with Gasteiger partial charge in [0.05, 0.1) is 18.7 Å². The molecule has 6 rings (SSSR count). The smallest absolute Gasteiger partial charge is 0.304 e. The Morgan fingerprint density at radius 3 is 2.88 bits per heavy atom. The number of nitrogens with zero attached hydrogens (tertiary/aromatic N) is 1. The van der Waals surface area contributed by atoms with E-state index in [-0.39, 0.29) is 18.4 Å². The molecular weight excluding hydrogens is 414 g/mol. The fraction of sp³-hybridized carbons (Fsp3) is 0.214. The summed E-state index contributed by atoms with van der Waals surface area (Å²) in [6.45, 7) is 0.402. The normalized spacial score (nSPS) is 18.5. The molecule has 1 aromatic heterocycles. The van der Waals surface area contributed by atoms with Crippen molar-refractivity contribution in [1.29, 1.82) is 0 Å². The van der Waals surface area contributed by atoms with Gasteiger partial charge in [0.1, 0.15) is 17.6 Å². The second-order valence-corrected chi connectivity index (χ2v) is 8.70. The fourth-order valence-corrected chi connectivity index (χ4v) is 5.17. The molecule has 1 aliphatic heterocycles. The Kier molecular flexibility index (Phi) is 4.75. The number of aromatic nitrogens is 1. The fourth-order valence-electron chi connectivity index (χ4n) is 5.17. The summed E-state index contributed by atoms with van der Waals surface area (Å²) in [4.78, 5) is 15.8. The molecule has 33 heavy (non-hydrogen) atoms. The van der Waals surface area contributed by atoms with Crippen molar-refractivity contribution < 1.29 is 19.4 Å². The Hall–Kier alpha value is -3.86. The molecule has 3 aromatic carbocycles. The lowest BCUT2D eigenvalue weighted by Gasteiger charge is -2.17. The van der Waals surface area contributed by atoms with Gasteiger partial charge in [-0.25, -0.2) is 0 Å². The zero-order valence-electron chi connectivity index (χ0n) is 18.0. The lowest BCUT2D eigenvalue weighted by atomic mass is 9.97. The van der Waals surface area contributed by atoms with Crippen LogP contribution in [0.4, 0.5) is 0 Å². The molecular formula is C28H23NO4. The summed E-state index contributed by atoms with van der Waals surface area (Å²) in [5.74, 6) is 0.562. The van der Waals surface area contributed by atoms with Crippen LogP contribution in [0, 0.1) is 0 Å². The Morgan fingerprint density at radius 2 is 1.97 bits per heavy atom. The molecule has 0 spiro atoms. The Bertz CT molecular complexity index is 1370. The molecule has 5 nitrogen and oxygen atoms in total. The average molecular weight is 437 g/mol. The Morgan fingerprint density at radius 1 is 1.06 bits per heavy atom. The van der Waals surface area contributed by atoms with Crippen molar-refractivity contribution in [3.63, 3.8) is 0 Å². The van der Waals surface area contributed by atoms with E-state index in [1.165, 1.54) is 22.1 Å². The van der Waals surface area contributed by atoms with Crippen LogP contribution in [0.5, 0.6) is 11.5 Å². The van der Waals surface area contributed by atoms with Gasteiger partial charge in [0.2, 0.25) is 0 Å². The first-order valence-electron chi connectivity index (χ1n) is 11.3. The van der Waals surface area contributed by atoms with Gasteiger partial charge in [-0.1, -0.05) is 48.5 Å². The average Bonchev–Trinajstić information content (AvgIpc) is 3.42. The molecule has 5 heteroatoms. The van der Waals surface area contributed by atoms with Crippen LogP contribution in [0.15, 0.2) is 72.9 Å². The highest BCUT2D eigenvalue weighted by Crippen LogP contribution is 2.43.